The summed E-state index contributed by atoms with van der Waals surface area (Å²) in [7, 11) is 1.55. The molecule has 0 saturated heterocycles. The number of quaternary nitrogens is 1. The van der Waals surface area contributed by atoms with Crippen LogP contribution >= 0.6 is 11.3 Å². The lowest BCUT2D eigenvalue weighted by Crippen LogP contribution is -2.88. The Hall–Kier alpha value is -1.93. The van der Waals surface area contributed by atoms with Gasteiger partial charge in [-0.25, -0.2) is 4.79 Å². The molecule has 0 atom stereocenters. The fraction of sp³-hybridized carbons (Fsp3) is 0.533. The third-order valence-corrected chi connectivity index (χ3v) is 4.42. The predicted octanol–water partition coefficient (Wildman–Crippen LogP) is 0.0501. The molecule has 126 valence electrons. The minimum absolute atomic E-state index is 0.117. The maximum Gasteiger partial charge on any atom is 0.341 e. The predicted molar refractivity (Wildman–Crippen MR) is 86.6 cm³/mol. The zero-order valence-electron chi connectivity index (χ0n) is 13.3. The van der Waals surface area contributed by atoms with Crippen molar-refractivity contribution in [2.45, 2.75) is 25.7 Å². The topological polar surface area (TPSA) is 101 Å². The molecule has 2 rings (SSSR count). The first-order valence-electron chi connectivity index (χ1n) is 7.67. The van der Waals surface area contributed by atoms with E-state index in [9.17, 15) is 14.4 Å². The van der Waals surface area contributed by atoms with Gasteiger partial charge >= 0.3 is 5.97 Å². The second-order valence-corrected chi connectivity index (χ2v) is 6.19. The summed E-state index contributed by atoms with van der Waals surface area (Å²) in [4.78, 5) is 35.3. The molecular formula is C15H22N3O4S+. The lowest BCUT2D eigenvalue weighted by atomic mass is 10.1. The summed E-state index contributed by atoms with van der Waals surface area (Å²) < 4.78 is 5.11. The van der Waals surface area contributed by atoms with E-state index in [1.165, 1.54) is 11.3 Å². The van der Waals surface area contributed by atoms with E-state index in [1.807, 2.05) is 5.38 Å². The van der Waals surface area contributed by atoms with Gasteiger partial charge in [0.2, 0.25) is 0 Å². The molecule has 1 aromatic heterocycles. The zero-order valence-corrected chi connectivity index (χ0v) is 14.1. The van der Waals surface area contributed by atoms with Gasteiger partial charge in [-0.3, -0.25) is 9.59 Å². The van der Waals surface area contributed by atoms with E-state index in [-0.39, 0.29) is 30.9 Å². The first-order chi connectivity index (χ1) is 11.1. The van der Waals surface area contributed by atoms with Crippen LogP contribution in [0.15, 0.2) is 5.38 Å². The molecule has 2 amide bonds. The largest absolute Gasteiger partial charge is 0.462 e. The maximum atomic E-state index is 12.2. The summed E-state index contributed by atoms with van der Waals surface area (Å²) in [6, 6.07) is 0. The van der Waals surface area contributed by atoms with Crippen molar-refractivity contribution in [3.63, 3.8) is 0 Å². The van der Waals surface area contributed by atoms with Crippen LogP contribution in [0.25, 0.3) is 0 Å². The number of rotatable bonds is 8. The van der Waals surface area contributed by atoms with Gasteiger partial charge in [-0.2, -0.15) is 0 Å². The number of hydrogen-bond donors (Lipinski definition) is 3. The van der Waals surface area contributed by atoms with Gasteiger partial charge in [0.25, 0.3) is 11.8 Å². The van der Waals surface area contributed by atoms with Gasteiger partial charge in [0.05, 0.1) is 12.2 Å². The number of nitrogens with two attached hydrogens (primary N) is 1. The van der Waals surface area contributed by atoms with Gasteiger partial charge in [-0.05, 0) is 36.6 Å². The highest BCUT2D eigenvalue weighted by molar-refractivity contribution is 7.15. The van der Waals surface area contributed by atoms with Crippen molar-refractivity contribution in [2.75, 3.05) is 32.1 Å². The second kappa shape index (κ2) is 8.07. The van der Waals surface area contributed by atoms with Crippen molar-refractivity contribution < 1.29 is 24.4 Å². The van der Waals surface area contributed by atoms with Crippen molar-refractivity contribution in [3.8, 4) is 0 Å². The van der Waals surface area contributed by atoms with E-state index in [0.717, 1.165) is 18.4 Å². The molecule has 23 heavy (non-hydrogen) atoms. The monoisotopic (exact) mass is 340 g/mol. The van der Waals surface area contributed by atoms with Crippen molar-refractivity contribution in [1.29, 1.82) is 0 Å². The summed E-state index contributed by atoms with van der Waals surface area (Å²) in [5.41, 5.74) is 1.46. The molecule has 7 nitrogen and oxygen atoms in total. The molecule has 1 saturated carbocycles. The van der Waals surface area contributed by atoms with Crippen LogP contribution in [0.1, 0.15) is 41.6 Å². The number of ether oxygens (including phenoxy) is 1. The quantitative estimate of drug-likeness (QED) is 0.582. The molecule has 0 unspecified atom stereocenters. The summed E-state index contributed by atoms with van der Waals surface area (Å²) in [6.07, 6.45) is 2.13. The summed E-state index contributed by atoms with van der Waals surface area (Å²) >= 11 is 1.35. The Balaban J connectivity index is 2.00. The number of carbonyl (C=O) groups excluding carboxylic acids is 3. The number of nitrogens with one attached hydrogen (secondary N) is 2. The second-order valence-electron chi connectivity index (χ2n) is 5.31. The Morgan fingerprint density at radius 2 is 2.00 bits per heavy atom. The molecule has 1 aliphatic carbocycles. The van der Waals surface area contributed by atoms with E-state index < -0.39 is 0 Å². The molecule has 0 aromatic carbocycles. The SMILES string of the molecule is CCOC(=O)c1c(C2CC2)csc1NC(=O)C[NH2+]CC(=O)NC. The lowest BCUT2D eigenvalue weighted by molar-refractivity contribution is -0.632. The average Bonchev–Trinajstić information content (AvgIpc) is 3.28. The molecule has 4 N–H and O–H groups in total. The van der Waals surface area contributed by atoms with E-state index >= 15 is 0 Å². The van der Waals surface area contributed by atoms with E-state index in [2.05, 4.69) is 10.6 Å². The Morgan fingerprint density at radius 3 is 2.61 bits per heavy atom. The van der Waals surface area contributed by atoms with Crippen LogP contribution in [-0.4, -0.2) is 44.5 Å². The molecule has 8 heteroatoms. The van der Waals surface area contributed by atoms with Crippen molar-refractivity contribution in [1.82, 2.24) is 5.32 Å². The molecule has 1 heterocycles. The Morgan fingerprint density at radius 1 is 1.30 bits per heavy atom. The number of hydrogen-bond acceptors (Lipinski definition) is 5. The molecule has 0 aliphatic heterocycles. The number of thiophene rings is 1. The van der Waals surface area contributed by atoms with Gasteiger partial charge in [0, 0.05) is 7.05 Å². The molecular weight excluding hydrogens is 318 g/mol. The fourth-order valence-electron chi connectivity index (χ4n) is 2.19. The Kier molecular flexibility index (Phi) is 6.12. The number of amides is 2. The Labute approximate surface area is 138 Å². The minimum atomic E-state index is -0.389. The third kappa shape index (κ3) is 4.77. The summed E-state index contributed by atoms with van der Waals surface area (Å²) in [6.45, 7) is 2.36. The smallest absolute Gasteiger partial charge is 0.341 e. The number of anilines is 1. The van der Waals surface area contributed by atoms with Gasteiger partial charge in [-0.1, -0.05) is 0 Å². The van der Waals surface area contributed by atoms with Crippen LogP contribution in [0, 0.1) is 0 Å². The highest BCUT2D eigenvalue weighted by Gasteiger charge is 2.32. The highest BCUT2D eigenvalue weighted by atomic mass is 32.1. The van der Waals surface area contributed by atoms with Crippen LogP contribution < -0.4 is 16.0 Å². The normalized spacial score (nSPS) is 13.5. The minimum Gasteiger partial charge on any atom is -0.462 e. The molecule has 0 radical (unpaired) electrons. The van der Waals surface area contributed by atoms with E-state index in [0.29, 0.717) is 23.1 Å². The third-order valence-electron chi connectivity index (χ3n) is 3.51. The van der Waals surface area contributed by atoms with Crippen molar-refractivity contribution in [3.05, 3.63) is 16.5 Å². The van der Waals surface area contributed by atoms with Crippen LogP contribution in [0.2, 0.25) is 0 Å². The summed E-state index contributed by atoms with van der Waals surface area (Å²) in [5.74, 6) is -0.378. The molecule has 0 spiro atoms. The average molecular weight is 340 g/mol. The van der Waals surface area contributed by atoms with Crippen molar-refractivity contribution in [2.24, 2.45) is 0 Å². The first kappa shape index (κ1) is 17.4. The molecule has 1 aromatic rings. The molecule has 0 bridgehead atoms. The summed E-state index contributed by atoms with van der Waals surface area (Å²) in [5, 5.41) is 9.31. The Bertz CT molecular complexity index is 596. The van der Waals surface area contributed by atoms with Crippen molar-refractivity contribution >= 4 is 34.1 Å². The number of esters is 1. The lowest BCUT2D eigenvalue weighted by Gasteiger charge is -2.08. The van der Waals surface area contributed by atoms with E-state index in [4.69, 9.17) is 4.74 Å². The van der Waals surface area contributed by atoms with Crippen LogP contribution in [-0.2, 0) is 14.3 Å². The molecule has 1 aliphatic rings. The van der Waals surface area contributed by atoms with Crippen LogP contribution in [0.4, 0.5) is 5.00 Å². The molecule has 1 fully saturated rings. The van der Waals surface area contributed by atoms with Gasteiger partial charge in [0.1, 0.15) is 5.00 Å². The first-order valence-corrected chi connectivity index (χ1v) is 8.55. The fourth-order valence-corrected chi connectivity index (χ4v) is 3.23. The van der Waals surface area contributed by atoms with Gasteiger partial charge in [-0.15, -0.1) is 11.3 Å². The maximum absolute atomic E-state index is 12.2. The van der Waals surface area contributed by atoms with Gasteiger partial charge < -0.3 is 20.7 Å². The number of carbonyl (C=O) groups is 3. The zero-order chi connectivity index (χ0) is 16.8. The van der Waals surface area contributed by atoms with Gasteiger partial charge in [0.15, 0.2) is 13.1 Å². The van der Waals surface area contributed by atoms with Crippen LogP contribution in [0.5, 0.6) is 0 Å². The van der Waals surface area contributed by atoms with E-state index in [1.54, 1.807) is 19.3 Å². The standard InChI is InChI=1S/C15H21N3O4S/c1-3-22-15(21)13-10(9-4-5-9)8-23-14(13)18-12(20)7-17-6-11(19)16-2/h8-9,17H,3-7H2,1-2H3,(H,16,19)(H,18,20)/p+1. The van der Waals surface area contributed by atoms with Crippen LogP contribution in [0.3, 0.4) is 0 Å². The highest BCUT2D eigenvalue weighted by Crippen LogP contribution is 2.46. The number of likely N-dealkylation sites (N-methyl/N-ethyl adjacent to an activating group) is 1.